The van der Waals surface area contributed by atoms with Gasteiger partial charge < -0.3 is 25.2 Å². The van der Waals surface area contributed by atoms with Crippen LogP contribution >= 0.6 is 0 Å². The molecule has 3 atom stereocenters. The third kappa shape index (κ3) is 4.21. The number of fused-ring (bicyclic) bond motifs is 1. The Balaban J connectivity index is 1.45. The lowest BCUT2D eigenvalue weighted by Crippen LogP contribution is -2.60. The molecule has 10 nitrogen and oxygen atoms in total. The number of carbonyl (C=O) groups is 2. The van der Waals surface area contributed by atoms with E-state index in [2.05, 4.69) is 32.2 Å². The fourth-order valence-corrected chi connectivity index (χ4v) is 5.40. The van der Waals surface area contributed by atoms with Crippen LogP contribution < -0.4 is 11.1 Å². The molecule has 3 heterocycles. The summed E-state index contributed by atoms with van der Waals surface area (Å²) >= 11 is 0. The standard InChI is InChI=1S/C20H32N6O4/c1-2-25-6-4-14-11-15(26-7-9-29-10-8-26)3-5-20(14,13-25)19(28)22-12-16-23-18(17(21)27)30-24-16/h14-15H,2-13H2,1H3,(H2,21,27)(H,22,28)/t14-,15+,20-/m1/s1. The molecule has 1 saturated carbocycles. The highest BCUT2D eigenvalue weighted by Gasteiger charge is 2.52. The van der Waals surface area contributed by atoms with E-state index in [1.807, 2.05) is 0 Å². The van der Waals surface area contributed by atoms with Crippen molar-refractivity contribution in [2.24, 2.45) is 17.1 Å². The number of rotatable bonds is 6. The number of hydrogen-bond donors (Lipinski definition) is 2. The van der Waals surface area contributed by atoms with Crippen molar-refractivity contribution in [3.05, 3.63) is 11.7 Å². The molecule has 1 aromatic heterocycles. The van der Waals surface area contributed by atoms with Crippen molar-refractivity contribution < 1.29 is 18.8 Å². The predicted molar refractivity (Wildman–Crippen MR) is 107 cm³/mol. The maximum absolute atomic E-state index is 13.5. The first-order valence-corrected chi connectivity index (χ1v) is 11.0. The van der Waals surface area contributed by atoms with Gasteiger partial charge in [-0.2, -0.15) is 4.98 Å². The largest absolute Gasteiger partial charge is 0.379 e. The average Bonchev–Trinajstić information content (AvgIpc) is 3.26. The van der Waals surface area contributed by atoms with Crippen LogP contribution in [0.5, 0.6) is 0 Å². The Hall–Kier alpha value is -2.04. The summed E-state index contributed by atoms with van der Waals surface area (Å²) in [4.78, 5) is 33.5. The number of nitrogens with one attached hydrogen (secondary N) is 1. The topological polar surface area (TPSA) is 127 Å². The highest BCUT2D eigenvalue weighted by atomic mass is 16.5. The molecule has 2 amide bonds. The minimum Gasteiger partial charge on any atom is -0.379 e. The average molecular weight is 421 g/mol. The predicted octanol–water partition coefficient (Wildman–Crippen LogP) is -0.00240. The van der Waals surface area contributed by atoms with Crippen LogP contribution in [0, 0.1) is 11.3 Å². The summed E-state index contributed by atoms with van der Waals surface area (Å²) in [5.41, 5.74) is 4.76. The number of likely N-dealkylation sites (tertiary alicyclic amines) is 1. The summed E-state index contributed by atoms with van der Waals surface area (Å²) in [7, 11) is 0. The Morgan fingerprint density at radius 2 is 2.07 bits per heavy atom. The van der Waals surface area contributed by atoms with Crippen molar-refractivity contribution in [2.75, 3.05) is 45.9 Å². The van der Waals surface area contributed by atoms with E-state index in [-0.39, 0.29) is 24.2 Å². The summed E-state index contributed by atoms with van der Waals surface area (Å²) in [5, 5.41) is 6.74. The maximum Gasteiger partial charge on any atom is 0.315 e. The van der Waals surface area contributed by atoms with E-state index in [9.17, 15) is 9.59 Å². The molecule has 166 valence electrons. The molecule has 0 bridgehead atoms. The highest BCUT2D eigenvalue weighted by molar-refractivity contribution is 5.87. The molecule has 1 aromatic rings. The molecule has 3 N–H and O–H groups in total. The lowest BCUT2D eigenvalue weighted by atomic mass is 9.61. The molecule has 0 spiro atoms. The summed E-state index contributed by atoms with van der Waals surface area (Å²) in [6.07, 6.45) is 3.99. The molecule has 3 aliphatic rings. The van der Waals surface area contributed by atoms with Gasteiger partial charge in [0.15, 0.2) is 5.82 Å². The van der Waals surface area contributed by atoms with E-state index in [1.54, 1.807) is 0 Å². The van der Waals surface area contributed by atoms with Crippen molar-refractivity contribution in [1.82, 2.24) is 25.3 Å². The third-order valence-corrected chi connectivity index (χ3v) is 7.11. The lowest BCUT2D eigenvalue weighted by molar-refractivity contribution is -0.145. The van der Waals surface area contributed by atoms with Crippen LogP contribution in [0.25, 0.3) is 0 Å². The monoisotopic (exact) mass is 420 g/mol. The van der Waals surface area contributed by atoms with E-state index < -0.39 is 11.3 Å². The van der Waals surface area contributed by atoms with Crippen molar-refractivity contribution >= 4 is 11.8 Å². The summed E-state index contributed by atoms with van der Waals surface area (Å²) in [6.45, 7) is 8.62. The first-order valence-electron chi connectivity index (χ1n) is 11.0. The second-order valence-electron chi connectivity index (χ2n) is 8.65. The molecule has 10 heteroatoms. The second-order valence-corrected chi connectivity index (χ2v) is 8.65. The Morgan fingerprint density at radius 1 is 1.27 bits per heavy atom. The summed E-state index contributed by atoms with van der Waals surface area (Å²) < 4.78 is 10.3. The van der Waals surface area contributed by atoms with Gasteiger partial charge in [-0.05, 0) is 44.7 Å². The molecule has 1 aliphatic carbocycles. The number of primary amides is 1. The smallest absolute Gasteiger partial charge is 0.315 e. The molecule has 30 heavy (non-hydrogen) atoms. The number of piperidine rings is 1. The van der Waals surface area contributed by atoms with E-state index in [0.717, 1.165) is 71.6 Å². The Kier molecular flexibility index (Phi) is 6.35. The molecular formula is C20H32N6O4. The number of nitrogens with two attached hydrogens (primary N) is 1. The number of aromatic nitrogens is 2. The fraction of sp³-hybridized carbons (Fsp3) is 0.800. The van der Waals surface area contributed by atoms with Crippen LogP contribution in [0.2, 0.25) is 0 Å². The Labute approximate surface area is 176 Å². The van der Waals surface area contributed by atoms with E-state index in [1.165, 1.54) is 0 Å². The van der Waals surface area contributed by atoms with E-state index >= 15 is 0 Å². The second kappa shape index (κ2) is 8.99. The highest BCUT2D eigenvalue weighted by Crippen LogP contribution is 2.47. The van der Waals surface area contributed by atoms with Crippen LogP contribution in [0.1, 0.15) is 49.1 Å². The molecule has 2 aliphatic heterocycles. The molecule has 0 radical (unpaired) electrons. The molecule has 0 aromatic carbocycles. The maximum atomic E-state index is 13.5. The van der Waals surface area contributed by atoms with Gasteiger partial charge in [-0.1, -0.05) is 12.1 Å². The summed E-state index contributed by atoms with van der Waals surface area (Å²) in [5.74, 6) is -0.345. The zero-order valence-electron chi connectivity index (χ0n) is 17.6. The van der Waals surface area contributed by atoms with E-state index in [0.29, 0.717) is 12.0 Å². The number of morpholine rings is 1. The Bertz CT molecular complexity index is 764. The van der Waals surface area contributed by atoms with Crippen LogP contribution in [0.3, 0.4) is 0 Å². The quantitative estimate of drug-likeness (QED) is 0.658. The van der Waals surface area contributed by atoms with Gasteiger partial charge in [0.2, 0.25) is 5.91 Å². The zero-order valence-corrected chi connectivity index (χ0v) is 17.6. The number of nitrogens with zero attached hydrogens (tertiary/aromatic N) is 4. The van der Waals surface area contributed by atoms with Gasteiger partial charge in [-0.3, -0.25) is 14.5 Å². The van der Waals surface area contributed by atoms with Gasteiger partial charge >= 0.3 is 11.8 Å². The molecule has 0 unspecified atom stereocenters. The summed E-state index contributed by atoms with van der Waals surface area (Å²) in [6, 6.07) is 0.531. The van der Waals surface area contributed by atoms with E-state index in [4.69, 9.17) is 15.0 Å². The number of carbonyl (C=O) groups excluding carboxylic acids is 2. The van der Waals surface area contributed by atoms with Gasteiger partial charge in [-0.15, -0.1) is 0 Å². The Morgan fingerprint density at radius 3 is 2.77 bits per heavy atom. The van der Waals surface area contributed by atoms with Crippen LogP contribution in [-0.2, 0) is 16.1 Å². The fourth-order valence-electron chi connectivity index (χ4n) is 5.40. The van der Waals surface area contributed by atoms with Crippen LogP contribution in [0.4, 0.5) is 0 Å². The van der Waals surface area contributed by atoms with Gasteiger partial charge in [0.05, 0.1) is 25.2 Å². The van der Waals surface area contributed by atoms with Gasteiger partial charge in [0, 0.05) is 25.7 Å². The zero-order chi connectivity index (χ0) is 21.1. The van der Waals surface area contributed by atoms with Crippen molar-refractivity contribution in [3.8, 4) is 0 Å². The molecule has 2 saturated heterocycles. The van der Waals surface area contributed by atoms with Gasteiger partial charge in [0.1, 0.15) is 0 Å². The van der Waals surface area contributed by atoms with Crippen molar-refractivity contribution in [2.45, 2.75) is 45.2 Å². The lowest BCUT2D eigenvalue weighted by Gasteiger charge is -2.53. The molecular weight excluding hydrogens is 388 g/mol. The van der Waals surface area contributed by atoms with Gasteiger partial charge in [-0.25, -0.2) is 0 Å². The van der Waals surface area contributed by atoms with Crippen molar-refractivity contribution in [1.29, 1.82) is 0 Å². The first-order chi connectivity index (χ1) is 14.5. The number of hydrogen-bond acceptors (Lipinski definition) is 8. The molecule has 3 fully saturated rings. The number of amides is 2. The van der Waals surface area contributed by atoms with Crippen molar-refractivity contribution in [3.63, 3.8) is 0 Å². The van der Waals surface area contributed by atoms with Crippen LogP contribution in [0.15, 0.2) is 4.52 Å². The number of ether oxygens (including phenoxy) is 1. The minimum atomic E-state index is -0.772. The normalized spacial score (nSPS) is 30.6. The minimum absolute atomic E-state index is 0.0523. The van der Waals surface area contributed by atoms with Crippen LogP contribution in [-0.4, -0.2) is 83.7 Å². The third-order valence-electron chi connectivity index (χ3n) is 7.11. The molecule has 4 rings (SSSR count). The SMILES string of the molecule is CCN1CC[C@@H]2C[C@@H](N3CCOCC3)CC[C@@]2(C(=O)NCc2noc(C(N)=O)n2)C1. The van der Waals surface area contributed by atoms with Gasteiger partial charge in [0.25, 0.3) is 0 Å². The first kappa shape index (κ1) is 21.2.